The lowest BCUT2D eigenvalue weighted by molar-refractivity contribution is 0.0772. The number of hydrogen-bond donors (Lipinski definition) is 1. The maximum atomic E-state index is 12.1. The normalized spacial score (nSPS) is 19.1. The van der Waals surface area contributed by atoms with Crippen LogP contribution in [0.2, 0.25) is 5.02 Å². The van der Waals surface area contributed by atoms with Gasteiger partial charge in [-0.05, 0) is 30.9 Å². The van der Waals surface area contributed by atoms with E-state index in [-0.39, 0.29) is 5.91 Å². The van der Waals surface area contributed by atoms with Crippen molar-refractivity contribution in [1.82, 2.24) is 4.90 Å². The molecule has 0 unspecified atom stereocenters. The number of amides is 1. The van der Waals surface area contributed by atoms with Crippen LogP contribution >= 0.6 is 11.6 Å². The zero-order valence-corrected chi connectivity index (χ0v) is 9.63. The van der Waals surface area contributed by atoms with Crippen LogP contribution in [0.4, 0.5) is 5.69 Å². The van der Waals surface area contributed by atoms with Crippen LogP contribution < -0.4 is 5.73 Å². The van der Waals surface area contributed by atoms with Gasteiger partial charge in [0.15, 0.2) is 0 Å². The first-order valence-corrected chi connectivity index (χ1v) is 5.90. The second kappa shape index (κ2) is 3.39. The summed E-state index contributed by atoms with van der Waals surface area (Å²) in [6.45, 7) is 1.47. The number of fused-ring (bicyclic) bond motifs is 1. The van der Waals surface area contributed by atoms with Gasteiger partial charge in [-0.3, -0.25) is 4.79 Å². The lowest BCUT2D eigenvalue weighted by Gasteiger charge is -2.14. The maximum Gasteiger partial charge on any atom is 0.256 e. The van der Waals surface area contributed by atoms with E-state index >= 15 is 0 Å². The zero-order chi connectivity index (χ0) is 11.3. The van der Waals surface area contributed by atoms with Crippen molar-refractivity contribution in [3.63, 3.8) is 0 Å². The predicted octanol–water partition coefficient (Wildman–Crippen LogP) is 2.29. The number of nitrogens with two attached hydrogens (primary N) is 1. The van der Waals surface area contributed by atoms with Gasteiger partial charge in [-0.15, -0.1) is 0 Å². The largest absolute Gasteiger partial charge is 0.398 e. The molecule has 0 radical (unpaired) electrons. The number of benzene rings is 1. The fourth-order valence-corrected chi connectivity index (χ4v) is 2.45. The molecular formula is C12H13ClN2O. The lowest BCUT2D eigenvalue weighted by atomic mass is 10.1. The van der Waals surface area contributed by atoms with E-state index in [0.717, 1.165) is 12.1 Å². The van der Waals surface area contributed by atoms with Gasteiger partial charge >= 0.3 is 0 Å². The molecule has 0 aromatic heterocycles. The Kier molecular flexibility index (Phi) is 2.11. The second-order valence-electron chi connectivity index (χ2n) is 4.62. The van der Waals surface area contributed by atoms with E-state index in [9.17, 15) is 4.79 Å². The van der Waals surface area contributed by atoms with Crippen LogP contribution in [0.1, 0.15) is 28.8 Å². The number of carbonyl (C=O) groups excluding carboxylic acids is 1. The first kappa shape index (κ1) is 9.97. The molecule has 3 rings (SSSR count). The van der Waals surface area contributed by atoms with Crippen molar-refractivity contribution in [2.75, 3.05) is 12.3 Å². The van der Waals surface area contributed by atoms with Crippen molar-refractivity contribution in [2.24, 2.45) is 5.92 Å². The van der Waals surface area contributed by atoms with Crippen LogP contribution in [0.3, 0.4) is 0 Å². The highest BCUT2D eigenvalue weighted by molar-refractivity contribution is 6.32. The number of nitrogens with zero attached hydrogens (tertiary/aromatic N) is 1. The van der Waals surface area contributed by atoms with E-state index in [2.05, 4.69) is 0 Å². The average Bonchev–Trinajstić information content (AvgIpc) is 2.99. The molecule has 1 fully saturated rings. The fraction of sp³-hybridized carbons (Fsp3) is 0.417. The van der Waals surface area contributed by atoms with Gasteiger partial charge in [-0.25, -0.2) is 0 Å². The first-order valence-electron chi connectivity index (χ1n) is 5.53. The minimum atomic E-state index is 0.0434. The van der Waals surface area contributed by atoms with E-state index in [1.54, 1.807) is 12.1 Å². The molecule has 1 aromatic carbocycles. The molecular weight excluding hydrogens is 224 g/mol. The molecule has 1 aliphatic carbocycles. The number of carbonyl (C=O) groups is 1. The van der Waals surface area contributed by atoms with E-state index in [1.165, 1.54) is 12.8 Å². The van der Waals surface area contributed by atoms with E-state index in [0.29, 0.717) is 28.7 Å². The molecule has 1 aromatic rings. The topological polar surface area (TPSA) is 46.3 Å². The molecule has 3 nitrogen and oxygen atoms in total. The van der Waals surface area contributed by atoms with Gasteiger partial charge in [0.1, 0.15) is 0 Å². The van der Waals surface area contributed by atoms with Crippen LogP contribution in [0.5, 0.6) is 0 Å². The third-order valence-corrected chi connectivity index (χ3v) is 3.67. The quantitative estimate of drug-likeness (QED) is 0.801. The van der Waals surface area contributed by atoms with Crippen LogP contribution in [0, 0.1) is 5.92 Å². The Bertz CT molecular complexity index is 468. The van der Waals surface area contributed by atoms with Crippen molar-refractivity contribution >= 4 is 23.2 Å². The fourth-order valence-electron chi connectivity index (χ4n) is 2.23. The van der Waals surface area contributed by atoms with Gasteiger partial charge in [0.05, 0.1) is 5.56 Å². The molecule has 2 N–H and O–H groups in total. The van der Waals surface area contributed by atoms with Crippen LogP contribution in [-0.4, -0.2) is 17.4 Å². The monoisotopic (exact) mass is 236 g/mol. The smallest absolute Gasteiger partial charge is 0.256 e. The molecule has 0 atom stereocenters. The molecule has 0 bridgehead atoms. The molecule has 1 amide bonds. The van der Waals surface area contributed by atoms with Crippen molar-refractivity contribution in [3.8, 4) is 0 Å². The molecule has 84 valence electrons. The number of nitrogen functional groups attached to an aromatic ring is 1. The van der Waals surface area contributed by atoms with Gasteiger partial charge in [0.2, 0.25) is 0 Å². The molecule has 1 saturated carbocycles. The highest BCUT2D eigenvalue weighted by Crippen LogP contribution is 2.36. The van der Waals surface area contributed by atoms with Crippen molar-refractivity contribution in [1.29, 1.82) is 0 Å². The molecule has 2 aliphatic rings. The summed E-state index contributed by atoms with van der Waals surface area (Å²) >= 11 is 6.09. The molecule has 1 aliphatic heterocycles. The molecule has 4 heteroatoms. The highest BCUT2D eigenvalue weighted by Gasteiger charge is 2.34. The van der Waals surface area contributed by atoms with Crippen molar-refractivity contribution in [3.05, 3.63) is 28.3 Å². The average molecular weight is 237 g/mol. The van der Waals surface area contributed by atoms with E-state index < -0.39 is 0 Å². The second-order valence-corrected chi connectivity index (χ2v) is 5.03. The van der Waals surface area contributed by atoms with Gasteiger partial charge in [0, 0.05) is 29.4 Å². The van der Waals surface area contributed by atoms with Crippen LogP contribution in [0.15, 0.2) is 12.1 Å². The van der Waals surface area contributed by atoms with Crippen molar-refractivity contribution in [2.45, 2.75) is 19.4 Å². The van der Waals surface area contributed by atoms with Crippen LogP contribution in [0.25, 0.3) is 0 Å². The number of halogens is 1. The molecule has 0 saturated heterocycles. The third-order valence-electron chi connectivity index (χ3n) is 3.31. The Morgan fingerprint density at radius 2 is 2.19 bits per heavy atom. The lowest BCUT2D eigenvalue weighted by Crippen LogP contribution is -2.26. The molecule has 1 heterocycles. The minimum absolute atomic E-state index is 0.0434. The summed E-state index contributed by atoms with van der Waals surface area (Å²) in [5.41, 5.74) is 7.89. The summed E-state index contributed by atoms with van der Waals surface area (Å²) in [6, 6.07) is 3.48. The summed E-state index contributed by atoms with van der Waals surface area (Å²) < 4.78 is 0. The Morgan fingerprint density at radius 1 is 1.44 bits per heavy atom. The summed E-state index contributed by atoms with van der Waals surface area (Å²) in [5, 5.41) is 0.649. The number of hydrogen-bond acceptors (Lipinski definition) is 2. The molecule has 0 spiro atoms. The first-order chi connectivity index (χ1) is 7.66. The third kappa shape index (κ3) is 1.47. The predicted molar refractivity (Wildman–Crippen MR) is 63.3 cm³/mol. The number of rotatable bonds is 2. The maximum absolute atomic E-state index is 12.1. The van der Waals surface area contributed by atoms with Gasteiger partial charge in [-0.2, -0.15) is 0 Å². The van der Waals surface area contributed by atoms with Crippen LogP contribution in [-0.2, 0) is 6.54 Å². The van der Waals surface area contributed by atoms with Gasteiger partial charge in [-0.1, -0.05) is 11.6 Å². The van der Waals surface area contributed by atoms with E-state index in [4.69, 9.17) is 17.3 Å². The Labute approximate surface area is 99.2 Å². The van der Waals surface area contributed by atoms with Crippen molar-refractivity contribution < 1.29 is 4.79 Å². The summed E-state index contributed by atoms with van der Waals surface area (Å²) in [5.74, 6) is 0.736. The van der Waals surface area contributed by atoms with Gasteiger partial charge < -0.3 is 10.6 Å². The van der Waals surface area contributed by atoms with E-state index in [1.807, 2.05) is 4.90 Å². The Morgan fingerprint density at radius 3 is 2.81 bits per heavy atom. The SMILES string of the molecule is Nc1ccc(Cl)c2c1C(=O)N(CC1CC1)C2. The summed E-state index contributed by atoms with van der Waals surface area (Å²) in [7, 11) is 0. The van der Waals surface area contributed by atoms with Gasteiger partial charge in [0.25, 0.3) is 5.91 Å². The minimum Gasteiger partial charge on any atom is -0.398 e. The Hall–Kier alpha value is -1.22. The Balaban J connectivity index is 1.96. The number of anilines is 1. The summed E-state index contributed by atoms with van der Waals surface area (Å²) in [6.07, 6.45) is 2.48. The zero-order valence-electron chi connectivity index (χ0n) is 8.87. The molecule has 16 heavy (non-hydrogen) atoms. The summed E-state index contributed by atoms with van der Waals surface area (Å²) in [4.78, 5) is 14.0. The standard InChI is InChI=1S/C12H13ClN2O/c13-9-3-4-10(14)11-8(9)6-15(12(11)16)5-7-1-2-7/h3-4,7H,1-2,5-6,14H2. The highest BCUT2D eigenvalue weighted by atomic mass is 35.5.